The second kappa shape index (κ2) is 15.2. The van der Waals surface area contributed by atoms with Crippen molar-refractivity contribution in [3.8, 4) is 11.5 Å². The van der Waals surface area contributed by atoms with Gasteiger partial charge in [0.1, 0.15) is 18.1 Å². The largest absolute Gasteiger partial charge is 0.497 e. The molecule has 3 aliphatic rings. The van der Waals surface area contributed by atoms with Crippen LogP contribution in [0.2, 0.25) is 0 Å². The molecule has 8 nitrogen and oxygen atoms in total. The quantitative estimate of drug-likeness (QED) is 0.356. The number of fused-ring (bicyclic) bond motifs is 1. The zero-order valence-electron chi connectivity index (χ0n) is 25.2. The van der Waals surface area contributed by atoms with Gasteiger partial charge in [0.25, 0.3) is 0 Å². The van der Waals surface area contributed by atoms with Crippen molar-refractivity contribution in [2.45, 2.75) is 63.4 Å². The normalized spacial score (nSPS) is 25.0. The standard InChI is InChI=1S/C33H49N3O5/c1-25-7-4-5-14-35(25)16-19-40-31-22-34-23-32(33(31)27-9-11-28(38-3)12-10-27)41-24-26-8-13-30-29(21-26)36(17-20-39-30)15-6-18-37-2/h8-13,21,25,31-34H,4-7,14-20,22-24H2,1-3H3/t25?,31-,32+,33?/m1/s1. The van der Waals surface area contributed by atoms with E-state index in [1.54, 1.807) is 14.2 Å². The minimum atomic E-state index is -0.0128. The van der Waals surface area contributed by atoms with Crippen molar-refractivity contribution in [2.75, 3.05) is 78.2 Å². The third-order valence-electron chi connectivity index (χ3n) is 8.87. The second-order valence-electron chi connectivity index (χ2n) is 11.6. The fraction of sp³-hybridized carbons (Fsp3) is 0.636. The Kier molecular flexibility index (Phi) is 11.2. The van der Waals surface area contributed by atoms with Crippen LogP contribution in [0.5, 0.6) is 11.5 Å². The van der Waals surface area contributed by atoms with Crippen molar-refractivity contribution in [3.63, 3.8) is 0 Å². The Morgan fingerprint density at radius 1 is 0.927 bits per heavy atom. The third-order valence-corrected chi connectivity index (χ3v) is 8.87. The minimum Gasteiger partial charge on any atom is -0.497 e. The first-order valence-corrected chi connectivity index (χ1v) is 15.5. The van der Waals surface area contributed by atoms with Gasteiger partial charge in [-0.3, -0.25) is 4.90 Å². The molecular formula is C33H49N3O5. The monoisotopic (exact) mass is 567 g/mol. The van der Waals surface area contributed by atoms with E-state index in [-0.39, 0.29) is 18.1 Å². The molecule has 2 fully saturated rings. The molecule has 1 N–H and O–H groups in total. The topological polar surface area (TPSA) is 64.7 Å². The van der Waals surface area contributed by atoms with Crippen LogP contribution < -0.4 is 19.7 Å². The Hall–Kier alpha value is -2.36. The maximum absolute atomic E-state index is 6.70. The van der Waals surface area contributed by atoms with Gasteiger partial charge in [0.15, 0.2) is 0 Å². The van der Waals surface area contributed by atoms with Gasteiger partial charge in [-0.25, -0.2) is 0 Å². The SMILES string of the molecule is COCCCN1CCOc2ccc(CO[C@H]3CNC[C@@H](OCCN4CCCCC4C)C3c3ccc(OC)cc3)cc21. The number of hydrogen-bond acceptors (Lipinski definition) is 8. The van der Waals surface area contributed by atoms with Crippen LogP contribution in [0.25, 0.3) is 0 Å². The summed E-state index contributed by atoms with van der Waals surface area (Å²) in [7, 11) is 3.47. The van der Waals surface area contributed by atoms with Crippen LogP contribution in [0, 0.1) is 0 Å². The average Bonchev–Trinajstić information content (AvgIpc) is 3.01. The number of rotatable bonds is 13. The number of hydrogen-bond donors (Lipinski definition) is 1. The molecule has 0 spiro atoms. The highest BCUT2D eigenvalue weighted by atomic mass is 16.5. The molecule has 3 heterocycles. The molecule has 2 aromatic rings. The van der Waals surface area contributed by atoms with Gasteiger partial charge in [-0.1, -0.05) is 24.6 Å². The first-order valence-electron chi connectivity index (χ1n) is 15.5. The maximum Gasteiger partial charge on any atom is 0.142 e. The van der Waals surface area contributed by atoms with E-state index < -0.39 is 0 Å². The lowest BCUT2D eigenvalue weighted by molar-refractivity contribution is -0.0647. The molecule has 0 amide bonds. The third kappa shape index (κ3) is 7.93. The Morgan fingerprint density at radius 3 is 2.54 bits per heavy atom. The van der Waals surface area contributed by atoms with Gasteiger partial charge in [0.05, 0.1) is 44.8 Å². The van der Waals surface area contributed by atoms with Crippen molar-refractivity contribution in [3.05, 3.63) is 53.6 Å². The fourth-order valence-electron chi connectivity index (χ4n) is 6.50. The summed E-state index contributed by atoms with van der Waals surface area (Å²) in [5.74, 6) is 1.94. The zero-order valence-corrected chi connectivity index (χ0v) is 25.2. The molecular weight excluding hydrogens is 518 g/mol. The minimum absolute atomic E-state index is 0.0128. The predicted octanol–water partition coefficient (Wildman–Crippen LogP) is 4.46. The van der Waals surface area contributed by atoms with Gasteiger partial charge in [-0.15, -0.1) is 0 Å². The Balaban J connectivity index is 1.26. The lowest BCUT2D eigenvalue weighted by Gasteiger charge is -2.40. The van der Waals surface area contributed by atoms with E-state index in [0.29, 0.717) is 19.3 Å². The van der Waals surface area contributed by atoms with E-state index in [0.717, 1.165) is 75.1 Å². The van der Waals surface area contributed by atoms with Gasteiger partial charge < -0.3 is 33.9 Å². The van der Waals surface area contributed by atoms with E-state index >= 15 is 0 Å². The van der Waals surface area contributed by atoms with E-state index in [2.05, 4.69) is 52.4 Å². The van der Waals surface area contributed by atoms with Gasteiger partial charge in [-0.2, -0.15) is 0 Å². The molecule has 2 unspecified atom stereocenters. The highest BCUT2D eigenvalue weighted by Gasteiger charge is 2.36. The molecule has 0 saturated carbocycles. The zero-order chi connectivity index (χ0) is 28.4. The molecule has 41 heavy (non-hydrogen) atoms. The first-order chi connectivity index (χ1) is 20.2. The van der Waals surface area contributed by atoms with E-state index in [1.165, 1.54) is 31.4 Å². The van der Waals surface area contributed by atoms with E-state index in [4.69, 9.17) is 23.7 Å². The van der Waals surface area contributed by atoms with Gasteiger partial charge >= 0.3 is 0 Å². The highest BCUT2D eigenvalue weighted by molar-refractivity contribution is 5.61. The number of nitrogens with zero attached hydrogens (tertiary/aromatic N) is 2. The molecule has 3 aliphatic heterocycles. The summed E-state index contributed by atoms with van der Waals surface area (Å²) in [5, 5.41) is 3.60. The summed E-state index contributed by atoms with van der Waals surface area (Å²) in [4.78, 5) is 4.98. The molecule has 0 bridgehead atoms. The van der Waals surface area contributed by atoms with Crippen molar-refractivity contribution in [1.29, 1.82) is 0 Å². The fourth-order valence-corrected chi connectivity index (χ4v) is 6.50. The van der Waals surface area contributed by atoms with E-state index in [1.807, 2.05) is 12.1 Å². The second-order valence-corrected chi connectivity index (χ2v) is 11.6. The van der Waals surface area contributed by atoms with Gasteiger partial charge in [0, 0.05) is 51.9 Å². The molecule has 0 aliphatic carbocycles. The van der Waals surface area contributed by atoms with Crippen LogP contribution in [-0.4, -0.2) is 96.5 Å². The van der Waals surface area contributed by atoms with Gasteiger partial charge in [0.2, 0.25) is 0 Å². The van der Waals surface area contributed by atoms with Crippen molar-refractivity contribution >= 4 is 5.69 Å². The maximum atomic E-state index is 6.70. The van der Waals surface area contributed by atoms with Crippen molar-refractivity contribution in [2.24, 2.45) is 0 Å². The van der Waals surface area contributed by atoms with Crippen LogP contribution in [-0.2, 0) is 20.8 Å². The molecule has 0 radical (unpaired) electrons. The van der Waals surface area contributed by atoms with Crippen LogP contribution >= 0.6 is 0 Å². The van der Waals surface area contributed by atoms with Crippen LogP contribution in [0.1, 0.15) is 49.7 Å². The van der Waals surface area contributed by atoms with Crippen molar-refractivity contribution in [1.82, 2.24) is 10.2 Å². The molecule has 5 rings (SSSR count). The molecule has 2 aromatic carbocycles. The summed E-state index contributed by atoms with van der Waals surface area (Å²) < 4.78 is 30.0. The molecule has 8 heteroatoms. The summed E-state index contributed by atoms with van der Waals surface area (Å²) in [6, 6.07) is 15.5. The summed E-state index contributed by atoms with van der Waals surface area (Å²) in [6.45, 7) is 10.7. The predicted molar refractivity (Wildman–Crippen MR) is 162 cm³/mol. The number of benzene rings is 2. The number of nitrogens with one attached hydrogen (secondary N) is 1. The molecule has 2 saturated heterocycles. The Morgan fingerprint density at radius 2 is 1.76 bits per heavy atom. The molecule has 0 aromatic heterocycles. The number of anilines is 1. The Bertz CT molecular complexity index is 1070. The van der Waals surface area contributed by atoms with E-state index in [9.17, 15) is 0 Å². The van der Waals surface area contributed by atoms with Crippen LogP contribution in [0.15, 0.2) is 42.5 Å². The smallest absolute Gasteiger partial charge is 0.142 e. The number of likely N-dealkylation sites (tertiary alicyclic amines) is 1. The average molecular weight is 568 g/mol. The number of ether oxygens (including phenoxy) is 5. The number of piperidine rings is 2. The Labute approximate surface area is 246 Å². The molecule has 4 atom stereocenters. The first kappa shape index (κ1) is 30.1. The van der Waals surface area contributed by atoms with Crippen LogP contribution in [0.4, 0.5) is 5.69 Å². The van der Waals surface area contributed by atoms with Gasteiger partial charge in [-0.05, 0) is 68.1 Å². The molecule has 226 valence electrons. The summed E-state index contributed by atoms with van der Waals surface area (Å²) in [5.41, 5.74) is 3.54. The summed E-state index contributed by atoms with van der Waals surface area (Å²) in [6.07, 6.45) is 4.93. The highest BCUT2D eigenvalue weighted by Crippen LogP contribution is 2.35. The summed E-state index contributed by atoms with van der Waals surface area (Å²) >= 11 is 0. The lowest BCUT2D eigenvalue weighted by atomic mass is 9.85. The lowest BCUT2D eigenvalue weighted by Crippen LogP contribution is -2.51. The number of methoxy groups -OCH3 is 2. The van der Waals surface area contributed by atoms with Crippen LogP contribution in [0.3, 0.4) is 0 Å². The van der Waals surface area contributed by atoms with Crippen molar-refractivity contribution < 1.29 is 23.7 Å².